The van der Waals surface area contributed by atoms with Crippen LogP contribution in [0.1, 0.15) is 35.1 Å². The predicted molar refractivity (Wildman–Crippen MR) is 290 cm³/mol. The molecule has 0 aliphatic heterocycles. The lowest BCUT2D eigenvalue weighted by atomic mass is 10.1. The first-order valence-electron chi connectivity index (χ1n) is 22.3. The van der Waals surface area contributed by atoms with Gasteiger partial charge in [-0.1, -0.05) is 29.0 Å². The van der Waals surface area contributed by atoms with Gasteiger partial charge in [0.25, 0.3) is 50.6 Å². The van der Waals surface area contributed by atoms with Gasteiger partial charge in [-0.15, -0.1) is 37.3 Å². The fourth-order valence-electron chi connectivity index (χ4n) is 7.79. The van der Waals surface area contributed by atoms with Crippen LogP contribution in [0.2, 0.25) is 5.02 Å². The van der Waals surface area contributed by atoms with E-state index in [1.54, 1.807) is 6.92 Å². The Morgan fingerprint density at radius 3 is 2.06 bits per heavy atom. The van der Waals surface area contributed by atoms with E-state index in [0.717, 1.165) is 51.8 Å². The van der Waals surface area contributed by atoms with E-state index in [0.29, 0.717) is 5.56 Å². The molecule has 0 fully saturated rings. The van der Waals surface area contributed by atoms with Crippen molar-refractivity contribution in [3.63, 3.8) is 0 Å². The lowest BCUT2D eigenvalue weighted by Crippen LogP contribution is -2.08. The Morgan fingerprint density at radius 1 is 0.738 bits per heavy atom. The molecule has 0 saturated heterocycles. The molecule has 8 rings (SSSR count). The van der Waals surface area contributed by atoms with E-state index < -0.39 is 94.3 Å². The Bertz CT molecular complexity index is 4640. The van der Waals surface area contributed by atoms with Crippen LogP contribution in [-0.2, 0) is 57.2 Å². The molecule has 0 unspecified atom stereocenters. The standard InChI is InChI=1S/C44H37ClN10O18S7/c1-21-13-31(51-53-37-22(2)27(19-46)42-47-38-33(55(42)43(37)57)8-7-28(45)41(38)80(70,71)72)34(73-9-3-11-76(58,59)60)17-29(21)49-52-32-14-24(20-56)30(18-35(32)74-10-4-12-77(61,62)63)50-54-44-48-39-36(79(67,68)69)15-23-5-6-25(78(64,65)66)16-26(23)40(39)75-44/h5-8,13-18,56-57H,3-4,9-12,20H2,1-2H3,(H,58,59,60)(H,61,62,63)(H,64,65,66)(H,67,68,69)(H,70,71,72). The quantitative estimate of drug-likeness (QED) is 0.0161. The lowest BCUT2D eigenvalue weighted by molar-refractivity contribution is 0.282. The first kappa shape index (κ1) is 59.4. The van der Waals surface area contributed by atoms with Crippen molar-refractivity contribution in [1.82, 2.24) is 14.4 Å². The summed E-state index contributed by atoms with van der Waals surface area (Å²) in [6.07, 6.45) is -0.288. The third-order valence-corrected chi connectivity index (χ3v) is 18.2. The molecule has 3 aromatic heterocycles. The van der Waals surface area contributed by atoms with Crippen LogP contribution < -0.4 is 4.74 Å². The van der Waals surface area contributed by atoms with Gasteiger partial charge in [-0.25, -0.2) is 9.97 Å². The van der Waals surface area contributed by atoms with Crippen molar-refractivity contribution in [2.45, 2.75) is 52.9 Å². The molecule has 0 aliphatic carbocycles. The highest BCUT2D eigenvalue weighted by atomic mass is 35.5. The number of aromatic nitrogens is 3. The highest BCUT2D eigenvalue weighted by Crippen LogP contribution is 2.45. The smallest absolute Gasteiger partial charge is 0.298 e. The zero-order chi connectivity index (χ0) is 58.4. The zero-order valence-corrected chi connectivity index (χ0v) is 47.0. The SMILES string of the molecule is Cc1cc(N=Nc2c(C)c(C#N)c3nc4c(S(=O)(=O)O)c(Cl)ccc4n3c2O)c(OCCCS(=O)(=O)O)cc1N=Nc1cc(CO)c(N=Nc2nc3c(S(=O)(=O)O)cc4ccc(S(=O)(=O)O)cc4c3s2)cc1SCCCS(=O)(=O)O. The minimum Gasteiger partial charge on any atom is -0.493 e. The summed E-state index contributed by atoms with van der Waals surface area (Å²) < 4.78 is 175. The second kappa shape index (κ2) is 22.6. The average Bonchev–Trinajstić information content (AvgIpc) is 4.19. The number of nitriles is 1. The largest absolute Gasteiger partial charge is 0.493 e. The van der Waals surface area contributed by atoms with Crippen LogP contribution in [0.3, 0.4) is 0 Å². The molecular weight excluding hydrogens is 1220 g/mol. The second-order valence-electron chi connectivity index (χ2n) is 16.9. The Labute approximate surface area is 465 Å². The van der Waals surface area contributed by atoms with Crippen molar-refractivity contribution in [3.05, 3.63) is 87.9 Å². The van der Waals surface area contributed by atoms with Crippen LogP contribution in [0.15, 0.2) is 111 Å². The van der Waals surface area contributed by atoms with Gasteiger partial charge in [-0.2, -0.15) is 52.5 Å². The number of fused-ring (bicyclic) bond motifs is 6. The van der Waals surface area contributed by atoms with E-state index >= 15 is 0 Å². The van der Waals surface area contributed by atoms with E-state index in [-0.39, 0.29) is 124 Å². The molecule has 28 nitrogen and oxygen atoms in total. The van der Waals surface area contributed by atoms with E-state index in [2.05, 4.69) is 40.7 Å². The van der Waals surface area contributed by atoms with Gasteiger partial charge in [0, 0.05) is 27.5 Å². The summed E-state index contributed by atoms with van der Waals surface area (Å²) in [6, 6.07) is 14.2. The van der Waals surface area contributed by atoms with Crippen molar-refractivity contribution in [1.29, 1.82) is 5.26 Å². The monoisotopic (exact) mass is 1250 g/mol. The molecule has 8 aromatic rings. The molecule has 0 atom stereocenters. The summed E-state index contributed by atoms with van der Waals surface area (Å²) in [4.78, 5) is 6.74. The Morgan fingerprint density at radius 2 is 1.41 bits per heavy atom. The van der Waals surface area contributed by atoms with E-state index in [9.17, 15) is 80.3 Å². The number of aliphatic hydroxyl groups excluding tert-OH is 1. The molecule has 0 aliphatic rings. The fourth-order valence-corrected chi connectivity index (χ4v) is 13.3. The van der Waals surface area contributed by atoms with Crippen LogP contribution in [0.25, 0.3) is 37.7 Å². The highest BCUT2D eigenvalue weighted by molar-refractivity contribution is 7.99. The maximum atomic E-state index is 12.5. The van der Waals surface area contributed by atoms with Gasteiger partial charge >= 0.3 is 0 Å². The topological polar surface area (TPSA) is 450 Å². The van der Waals surface area contributed by atoms with Crippen molar-refractivity contribution >= 4 is 157 Å². The number of azo groups is 3. The third-order valence-electron chi connectivity index (χ3n) is 11.4. The molecule has 0 radical (unpaired) electrons. The van der Waals surface area contributed by atoms with Crippen molar-refractivity contribution in [2.24, 2.45) is 30.7 Å². The Hall–Kier alpha value is -6.76. The number of hydrogen-bond acceptors (Lipinski definition) is 24. The second-order valence-corrected chi connectivity index (χ2v) is 26.8. The average molecular weight is 1250 g/mol. The molecule has 0 spiro atoms. The first-order valence-corrected chi connectivity index (χ1v) is 32.0. The summed E-state index contributed by atoms with van der Waals surface area (Å²) in [7, 11) is -23.4. The molecule has 0 bridgehead atoms. The summed E-state index contributed by atoms with van der Waals surface area (Å²) in [6.45, 7) is 1.93. The number of thiazole rings is 1. The summed E-state index contributed by atoms with van der Waals surface area (Å²) in [5, 5.41) is 57.7. The number of aryl methyl sites for hydroxylation is 1. The maximum absolute atomic E-state index is 12.5. The normalized spacial score (nSPS) is 13.1. The predicted octanol–water partition coefficient (Wildman–Crippen LogP) is 9.60. The van der Waals surface area contributed by atoms with Gasteiger partial charge in [0.1, 0.15) is 43.9 Å². The maximum Gasteiger partial charge on any atom is 0.298 e. The van der Waals surface area contributed by atoms with Crippen LogP contribution in [0.4, 0.5) is 33.6 Å². The fraction of sp³-hybridized carbons (Fsp3) is 0.205. The summed E-state index contributed by atoms with van der Waals surface area (Å²) >= 11 is 7.88. The molecule has 36 heteroatoms. The molecule has 80 heavy (non-hydrogen) atoms. The van der Waals surface area contributed by atoms with Crippen molar-refractivity contribution < 1.29 is 79.8 Å². The first-order chi connectivity index (χ1) is 37.4. The molecular formula is C44H37ClN10O18S7. The van der Waals surface area contributed by atoms with Crippen LogP contribution >= 0.6 is 34.7 Å². The molecule has 5 aromatic carbocycles. The number of halogens is 1. The van der Waals surface area contributed by atoms with Crippen LogP contribution in [0, 0.1) is 25.2 Å². The Kier molecular flexibility index (Phi) is 16.8. The van der Waals surface area contributed by atoms with Gasteiger partial charge < -0.3 is 14.9 Å². The zero-order valence-electron chi connectivity index (χ0n) is 40.6. The number of aliphatic hydroxyl groups is 1. The van der Waals surface area contributed by atoms with E-state index in [4.69, 9.17) is 16.3 Å². The van der Waals surface area contributed by atoms with Gasteiger partial charge in [0.2, 0.25) is 11.0 Å². The van der Waals surface area contributed by atoms with Crippen LogP contribution in [0.5, 0.6) is 11.6 Å². The lowest BCUT2D eigenvalue weighted by Gasteiger charge is -2.12. The number of pyridine rings is 1. The van der Waals surface area contributed by atoms with Crippen molar-refractivity contribution in [2.75, 3.05) is 23.9 Å². The minimum atomic E-state index is -4.97. The number of nitrogens with zero attached hydrogens (tertiary/aromatic N) is 10. The molecule has 7 N–H and O–H groups in total. The molecule has 0 saturated carbocycles. The van der Waals surface area contributed by atoms with Crippen molar-refractivity contribution in [3.8, 4) is 17.7 Å². The third kappa shape index (κ3) is 13.0. The number of ether oxygens (including phenoxy) is 1. The van der Waals surface area contributed by atoms with Crippen LogP contribution in [-0.4, -0.2) is 113 Å². The van der Waals surface area contributed by atoms with Gasteiger partial charge in [-0.3, -0.25) is 27.2 Å². The molecule has 420 valence electrons. The summed E-state index contributed by atoms with van der Waals surface area (Å²) in [5.74, 6) is -2.04. The van der Waals surface area contributed by atoms with Gasteiger partial charge in [0.05, 0.1) is 61.9 Å². The number of rotatable bonds is 20. The number of thioether (sulfide) groups is 1. The van der Waals surface area contributed by atoms with E-state index in [1.807, 2.05) is 6.07 Å². The number of hydrogen-bond donors (Lipinski definition) is 7. The number of benzene rings is 5. The number of aromatic hydroxyl groups is 1. The Balaban J connectivity index is 1.20. The van der Waals surface area contributed by atoms with E-state index in [1.165, 1.54) is 43.3 Å². The summed E-state index contributed by atoms with van der Waals surface area (Å²) in [5.41, 5.74) is -0.986. The molecule has 0 amide bonds. The minimum absolute atomic E-state index is 0.0150. The highest BCUT2D eigenvalue weighted by Gasteiger charge is 2.28. The number of imidazole rings is 1. The van der Waals surface area contributed by atoms with Gasteiger partial charge in [-0.05, 0) is 91.9 Å². The van der Waals surface area contributed by atoms with Gasteiger partial charge in [0.15, 0.2) is 11.3 Å². The molecule has 3 heterocycles.